The van der Waals surface area contributed by atoms with E-state index in [4.69, 9.17) is 20.8 Å². The first kappa shape index (κ1) is 27.5. The molecular weight excluding hydrogens is 517 g/mol. The Balaban J connectivity index is 1.63. The Morgan fingerprint density at radius 1 is 1.05 bits per heavy atom. The Morgan fingerprint density at radius 2 is 1.73 bits per heavy atom. The molecule has 0 aliphatic rings. The molecule has 3 rings (SSSR count). The fraction of sp³-hybridized carbons (Fsp3) is 0.250. The van der Waals surface area contributed by atoms with Crippen LogP contribution in [-0.4, -0.2) is 36.0 Å². The maximum Gasteiger partial charge on any atom is 0.416 e. The number of carbonyl (C=O) groups is 3. The molecule has 1 aromatic heterocycles. The highest BCUT2D eigenvalue weighted by molar-refractivity contribution is 6.33. The smallest absolute Gasteiger partial charge is 0.416 e. The van der Waals surface area contributed by atoms with Gasteiger partial charge in [-0.3, -0.25) is 4.79 Å². The van der Waals surface area contributed by atoms with E-state index < -0.39 is 35.7 Å². The van der Waals surface area contributed by atoms with Crippen molar-refractivity contribution in [3.8, 4) is 11.3 Å². The summed E-state index contributed by atoms with van der Waals surface area (Å²) < 4.78 is 48.5. The second-order valence-electron chi connectivity index (χ2n) is 8.10. The highest BCUT2D eigenvalue weighted by Crippen LogP contribution is 2.33. The van der Waals surface area contributed by atoms with E-state index in [1.807, 2.05) is 0 Å². The van der Waals surface area contributed by atoms with Crippen molar-refractivity contribution < 1.29 is 36.7 Å². The minimum Gasteiger partial charge on any atom is -0.467 e. The van der Waals surface area contributed by atoms with Gasteiger partial charge in [0.25, 0.3) is 5.89 Å². The van der Waals surface area contributed by atoms with E-state index in [0.29, 0.717) is 11.3 Å². The fourth-order valence-corrected chi connectivity index (χ4v) is 3.36. The van der Waals surface area contributed by atoms with E-state index in [2.05, 4.69) is 20.9 Å². The van der Waals surface area contributed by atoms with E-state index in [1.54, 1.807) is 26.0 Å². The fourth-order valence-electron chi connectivity index (χ4n) is 3.14. The number of anilines is 2. The first-order valence-corrected chi connectivity index (χ1v) is 11.2. The van der Waals surface area contributed by atoms with Crippen LogP contribution in [0.5, 0.6) is 0 Å². The Kier molecular flexibility index (Phi) is 8.43. The molecule has 0 aliphatic carbocycles. The average Bonchev–Trinajstić information content (AvgIpc) is 3.33. The maximum absolute atomic E-state index is 12.8. The second kappa shape index (κ2) is 11.3. The number of ether oxygens (including phenoxy) is 1. The van der Waals surface area contributed by atoms with Gasteiger partial charge in [-0.2, -0.15) is 13.2 Å². The maximum atomic E-state index is 12.8. The number of nitrogens with one attached hydrogen (secondary N) is 3. The Morgan fingerprint density at radius 3 is 2.30 bits per heavy atom. The van der Waals surface area contributed by atoms with Gasteiger partial charge in [0.15, 0.2) is 5.76 Å². The second-order valence-corrected chi connectivity index (χ2v) is 8.50. The summed E-state index contributed by atoms with van der Waals surface area (Å²) in [5, 5.41) is 7.16. The Labute approximate surface area is 214 Å². The number of urea groups is 1. The largest absolute Gasteiger partial charge is 0.467 e. The number of amides is 3. The van der Waals surface area contributed by atoms with Crippen molar-refractivity contribution in [3.63, 3.8) is 0 Å². The van der Waals surface area contributed by atoms with Crippen LogP contribution in [0.25, 0.3) is 11.3 Å². The van der Waals surface area contributed by atoms with Crippen molar-refractivity contribution in [3.05, 3.63) is 65.1 Å². The molecule has 37 heavy (non-hydrogen) atoms. The van der Waals surface area contributed by atoms with Crippen LogP contribution in [0.15, 0.2) is 53.1 Å². The minimum atomic E-state index is -4.56. The van der Waals surface area contributed by atoms with Crippen molar-refractivity contribution in [2.75, 3.05) is 17.7 Å². The minimum absolute atomic E-state index is 0.00292. The third kappa shape index (κ3) is 7.00. The number of halogens is 4. The predicted molar refractivity (Wildman–Crippen MR) is 129 cm³/mol. The number of hydrogen-bond donors (Lipinski definition) is 3. The van der Waals surface area contributed by atoms with Gasteiger partial charge in [-0.1, -0.05) is 25.4 Å². The molecule has 0 saturated carbocycles. The molecule has 3 aromatic rings. The van der Waals surface area contributed by atoms with Crippen molar-refractivity contribution in [2.24, 2.45) is 5.92 Å². The number of benzene rings is 2. The number of alkyl halides is 3. The number of rotatable bonds is 7. The summed E-state index contributed by atoms with van der Waals surface area (Å²) in [6.45, 7) is 3.49. The predicted octanol–water partition coefficient (Wildman–Crippen LogP) is 5.59. The number of aromatic nitrogens is 1. The zero-order chi connectivity index (χ0) is 27.3. The van der Waals surface area contributed by atoms with E-state index in [-0.39, 0.29) is 28.3 Å². The highest BCUT2D eigenvalue weighted by atomic mass is 35.5. The lowest BCUT2D eigenvalue weighted by Gasteiger charge is -2.18. The monoisotopic (exact) mass is 538 g/mol. The Hall–Kier alpha value is -4.06. The van der Waals surface area contributed by atoms with Gasteiger partial charge < -0.3 is 25.1 Å². The molecule has 0 fully saturated rings. The van der Waals surface area contributed by atoms with E-state index in [9.17, 15) is 27.6 Å². The molecular formula is C24H22ClF3N4O5. The first-order chi connectivity index (χ1) is 17.4. The number of oxazole rings is 1. The lowest BCUT2D eigenvalue weighted by atomic mass is 10.0. The molecule has 13 heteroatoms. The van der Waals surface area contributed by atoms with Gasteiger partial charge in [-0.25, -0.2) is 14.6 Å². The van der Waals surface area contributed by atoms with Gasteiger partial charge >= 0.3 is 24.1 Å². The molecule has 1 atom stereocenters. The highest BCUT2D eigenvalue weighted by Gasteiger charge is 2.31. The third-order valence-electron chi connectivity index (χ3n) is 5.08. The molecule has 0 radical (unpaired) electrons. The summed E-state index contributed by atoms with van der Waals surface area (Å²) in [4.78, 5) is 40.5. The number of nitrogens with zero attached hydrogens (tertiary/aromatic N) is 1. The molecule has 0 spiro atoms. The van der Waals surface area contributed by atoms with Crippen LogP contribution in [0.1, 0.15) is 30.1 Å². The van der Waals surface area contributed by atoms with E-state index >= 15 is 0 Å². The van der Waals surface area contributed by atoms with Gasteiger partial charge in [0.05, 0.1) is 29.6 Å². The van der Waals surface area contributed by atoms with Gasteiger partial charge in [-0.15, -0.1) is 0 Å². The van der Waals surface area contributed by atoms with E-state index in [0.717, 1.165) is 18.2 Å². The summed E-state index contributed by atoms with van der Waals surface area (Å²) in [5.74, 6) is -1.50. The molecule has 1 heterocycles. The summed E-state index contributed by atoms with van der Waals surface area (Å²) in [7, 11) is 1.22. The molecule has 2 aromatic carbocycles. The van der Waals surface area contributed by atoms with Crippen molar-refractivity contribution in [2.45, 2.75) is 26.1 Å². The molecule has 9 nitrogen and oxygen atoms in total. The number of methoxy groups -OCH3 is 1. The lowest BCUT2D eigenvalue weighted by Crippen LogP contribution is -2.45. The average molecular weight is 539 g/mol. The van der Waals surface area contributed by atoms with Crippen LogP contribution in [-0.2, 0) is 15.7 Å². The van der Waals surface area contributed by atoms with Gasteiger partial charge in [0, 0.05) is 11.3 Å². The van der Waals surface area contributed by atoms with Crippen molar-refractivity contribution >= 4 is 40.9 Å². The third-order valence-corrected chi connectivity index (χ3v) is 5.39. The zero-order valence-corrected chi connectivity index (χ0v) is 20.5. The topological polar surface area (TPSA) is 123 Å². The number of esters is 1. The first-order valence-electron chi connectivity index (χ1n) is 10.8. The van der Waals surface area contributed by atoms with E-state index in [1.165, 1.54) is 25.4 Å². The molecule has 0 bridgehead atoms. The SMILES string of the molecule is COC(=O)C(NC(=O)c1ncc(-c2ccc(NC(=O)Nc3ccc(C(F)(F)F)cc3Cl)cc2)o1)C(C)C. The summed E-state index contributed by atoms with van der Waals surface area (Å²) >= 11 is 5.85. The van der Waals surface area contributed by atoms with Gasteiger partial charge in [-0.05, 0) is 48.4 Å². The molecule has 0 aliphatic heterocycles. The molecule has 0 saturated heterocycles. The summed E-state index contributed by atoms with van der Waals surface area (Å²) in [6, 6.07) is 7.24. The Bertz CT molecular complexity index is 1290. The summed E-state index contributed by atoms with van der Waals surface area (Å²) in [5.41, 5.74) is -0.0326. The van der Waals surface area contributed by atoms with Crippen LogP contribution in [0.3, 0.4) is 0 Å². The van der Waals surface area contributed by atoms with Crippen LogP contribution in [0.2, 0.25) is 5.02 Å². The normalized spacial score (nSPS) is 12.1. The molecule has 3 amide bonds. The van der Waals surface area contributed by atoms with Gasteiger partial charge in [0.1, 0.15) is 6.04 Å². The summed E-state index contributed by atoms with van der Waals surface area (Å²) in [6.07, 6.45) is -3.22. The molecule has 3 N–H and O–H groups in total. The van der Waals surface area contributed by atoms with Crippen LogP contribution >= 0.6 is 11.6 Å². The standard InChI is InChI=1S/C24H22ClF3N4O5/c1-12(2)19(22(34)36-3)32-20(33)21-29-11-18(37-21)13-4-7-15(8-5-13)30-23(35)31-17-9-6-14(10-16(17)25)24(26,27)28/h4-12,19H,1-3H3,(H,32,33)(H2,30,31,35). The van der Waals surface area contributed by atoms with Crippen molar-refractivity contribution in [1.29, 1.82) is 0 Å². The van der Waals surface area contributed by atoms with Crippen LogP contribution in [0.4, 0.5) is 29.3 Å². The van der Waals surface area contributed by atoms with Gasteiger partial charge in [0.2, 0.25) is 0 Å². The quantitative estimate of drug-likeness (QED) is 0.337. The number of hydrogen-bond acceptors (Lipinski definition) is 6. The zero-order valence-electron chi connectivity index (χ0n) is 19.8. The van der Waals surface area contributed by atoms with Crippen LogP contribution in [0, 0.1) is 5.92 Å². The lowest BCUT2D eigenvalue weighted by molar-refractivity contribution is -0.144. The number of carbonyl (C=O) groups excluding carboxylic acids is 3. The van der Waals surface area contributed by atoms with Crippen molar-refractivity contribution in [1.82, 2.24) is 10.3 Å². The molecule has 196 valence electrons. The molecule has 1 unspecified atom stereocenters. The van der Waals surface area contributed by atoms with Crippen LogP contribution < -0.4 is 16.0 Å².